The van der Waals surface area contributed by atoms with Gasteiger partial charge in [0.15, 0.2) is 0 Å². The summed E-state index contributed by atoms with van der Waals surface area (Å²) in [5.74, 6) is -26.3. The quantitative estimate of drug-likeness (QED) is 0.255. The molecule has 208 valence electrons. The Kier molecular flexibility index (Phi) is 7.98. The maximum absolute atomic E-state index is 14.2. The predicted octanol–water partition coefficient (Wildman–Crippen LogP) is 6.34. The Morgan fingerprint density at radius 3 is 1.34 bits per heavy atom. The standard InChI is InChI=1S/C14H9F17O4/c15-7(10(19,20)21,6(32)33-5-3-1-2-4-5)34-14(30,31)9(18,12(25,26)27)35-13(28,29)8(16,17)11(22,23)24/h5H,1-4H2/t7-,9-/m0/s1. The maximum Gasteiger partial charge on any atom is 0.462 e. The van der Waals surface area contributed by atoms with Crippen molar-refractivity contribution in [3.63, 3.8) is 0 Å². The first kappa shape index (κ1) is 31.2. The second kappa shape index (κ2) is 8.94. The van der Waals surface area contributed by atoms with Crippen molar-refractivity contribution in [2.45, 2.75) is 80.2 Å². The van der Waals surface area contributed by atoms with Gasteiger partial charge in [-0.3, -0.25) is 9.47 Å². The number of alkyl halides is 17. The Labute approximate surface area is 181 Å². The van der Waals surface area contributed by atoms with E-state index in [-0.39, 0.29) is 25.7 Å². The Hall–Kier alpha value is -1.80. The van der Waals surface area contributed by atoms with Gasteiger partial charge in [-0.2, -0.15) is 74.6 Å². The van der Waals surface area contributed by atoms with Crippen LogP contribution in [0.5, 0.6) is 0 Å². The van der Waals surface area contributed by atoms with Crippen LogP contribution in [-0.4, -0.2) is 60.5 Å². The molecule has 0 radical (unpaired) electrons. The fourth-order valence-corrected chi connectivity index (χ4v) is 2.38. The van der Waals surface area contributed by atoms with Crippen LogP contribution in [0.3, 0.4) is 0 Å². The van der Waals surface area contributed by atoms with Gasteiger partial charge in [-0.05, 0) is 25.7 Å². The summed E-state index contributed by atoms with van der Waals surface area (Å²) in [4.78, 5) is 11.5. The first-order valence-corrected chi connectivity index (χ1v) is 8.49. The number of carbonyl (C=O) groups is 1. The predicted molar refractivity (Wildman–Crippen MR) is 71.2 cm³/mol. The molecule has 0 aliphatic heterocycles. The highest BCUT2D eigenvalue weighted by Gasteiger charge is 2.85. The van der Waals surface area contributed by atoms with E-state index in [0.29, 0.717) is 0 Å². The summed E-state index contributed by atoms with van der Waals surface area (Å²) >= 11 is 0. The van der Waals surface area contributed by atoms with Crippen molar-refractivity contribution in [1.29, 1.82) is 0 Å². The molecule has 0 aromatic carbocycles. The summed E-state index contributed by atoms with van der Waals surface area (Å²) in [6, 6.07) is 0. The van der Waals surface area contributed by atoms with Crippen molar-refractivity contribution < 1.29 is 93.6 Å². The number of carbonyl (C=O) groups excluding carboxylic acids is 1. The van der Waals surface area contributed by atoms with Crippen molar-refractivity contribution in [3.05, 3.63) is 0 Å². The Morgan fingerprint density at radius 1 is 0.571 bits per heavy atom. The molecular weight excluding hydrogens is 555 g/mol. The molecule has 4 nitrogen and oxygen atoms in total. The first-order chi connectivity index (χ1) is 15.2. The van der Waals surface area contributed by atoms with Crippen molar-refractivity contribution in [2.75, 3.05) is 0 Å². The van der Waals surface area contributed by atoms with Crippen molar-refractivity contribution in [2.24, 2.45) is 0 Å². The lowest BCUT2D eigenvalue weighted by atomic mass is 10.2. The molecule has 1 aliphatic carbocycles. The molecule has 0 amide bonds. The van der Waals surface area contributed by atoms with E-state index in [9.17, 15) is 79.4 Å². The highest BCUT2D eigenvalue weighted by molar-refractivity contribution is 5.79. The number of ether oxygens (including phenoxy) is 3. The van der Waals surface area contributed by atoms with E-state index in [2.05, 4.69) is 4.74 Å². The smallest absolute Gasteiger partial charge is 0.458 e. The molecule has 1 fully saturated rings. The third-order valence-electron chi connectivity index (χ3n) is 4.20. The van der Waals surface area contributed by atoms with Gasteiger partial charge in [-0.25, -0.2) is 4.79 Å². The van der Waals surface area contributed by atoms with Gasteiger partial charge in [-0.1, -0.05) is 0 Å². The summed E-state index contributed by atoms with van der Waals surface area (Å²) in [6.45, 7) is 0. The van der Waals surface area contributed by atoms with Gasteiger partial charge in [0.05, 0.1) is 0 Å². The summed E-state index contributed by atoms with van der Waals surface area (Å²) in [7, 11) is 0. The van der Waals surface area contributed by atoms with Crippen LogP contribution in [-0.2, 0) is 19.0 Å². The second-order valence-corrected chi connectivity index (χ2v) is 6.81. The van der Waals surface area contributed by atoms with Gasteiger partial charge in [0.25, 0.3) is 0 Å². The maximum atomic E-state index is 14.2. The topological polar surface area (TPSA) is 44.8 Å². The van der Waals surface area contributed by atoms with Gasteiger partial charge in [0, 0.05) is 0 Å². The molecule has 0 heterocycles. The minimum absolute atomic E-state index is 0.109. The third-order valence-corrected chi connectivity index (χ3v) is 4.20. The van der Waals surface area contributed by atoms with Crippen LogP contribution in [0.4, 0.5) is 74.6 Å². The van der Waals surface area contributed by atoms with E-state index in [1.54, 1.807) is 0 Å². The Bertz CT molecular complexity index is 766. The zero-order valence-electron chi connectivity index (χ0n) is 16.0. The molecule has 1 rings (SSSR count). The summed E-state index contributed by atoms with van der Waals surface area (Å²) < 4.78 is 228. The Morgan fingerprint density at radius 2 is 1.00 bits per heavy atom. The minimum atomic E-state index is -8.03. The minimum Gasteiger partial charge on any atom is -0.458 e. The molecule has 1 aliphatic rings. The molecule has 0 unspecified atom stereocenters. The molecule has 0 saturated heterocycles. The molecule has 0 N–H and O–H groups in total. The van der Waals surface area contributed by atoms with E-state index in [0.717, 1.165) is 0 Å². The van der Waals surface area contributed by atoms with Crippen LogP contribution in [0.15, 0.2) is 0 Å². The zero-order valence-corrected chi connectivity index (χ0v) is 16.0. The lowest BCUT2D eigenvalue weighted by molar-refractivity contribution is -0.548. The van der Waals surface area contributed by atoms with Crippen LogP contribution in [0.2, 0.25) is 0 Å². The number of hydrogen-bond donors (Lipinski definition) is 0. The highest BCUT2D eigenvalue weighted by Crippen LogP contribution is 2.56. The largest absolute Gasteiger partial charge is 0.462 e. The first-order valence-electron chi connectivity index (χ1n) is 8.49. The van der Waals surface area contributed by atoms with Crippen molar-refractivity contribution in [1.82, 2.24) is 0 Å². The van der Waals surface area contributed by atoms with Gasteiger partial charge >= 0.3 is 54.3 Å². The zero-order chi connectivity index (χ0) is 28.1. The van der Waals surface area contributed by atoms with Crippen LogP contribution in [0.25, 0.3) is 0 Å². The SMILES string of the molecule is O=C(OC1CCCC1)[C@](F)(OC(F)(F)[C@@](F)(OC(F)(F)C(F)(F)C(F)(F)F)C(F)(F)F)C(F)(F)F. The van der Waals surface area contributed by atoms with E-state index >= 15 is 0 Å². The third kappa shape index (κ3) is 5.63. The molecule has 35 heavy (non-hydrogen) atoms. The van der Waals surface area contributed by atoms with Gasteiger partial charge in [0.1, 0.15) is 6.10 Å². The van der Waals surface area contributed by atoms with E-state index in [1.807, 2.05) is 4.74 Å². The van der Waals surface area contributed by atoms with Gasteiger partial charge < -0.3 is 4.74 Å². The molecular formula is C14H9F17O4. The van der Waals surface area contributed by atoms with Crippen LogP contribution in [0, 0.1) is 0 Å². The monoisotopic (exact) mass is 564 g/mol. The van der Waals surface area contributed by atoms with Crippen LogP contribution in [0.1, 0.15) is 25.7 Å². The Balaban J connectivity index is 3.54. The van der Waals surface area contributed by atoms with Crippen molar-refractivity contribution >= 4 is 5.97 Å². The molecule has 0 spiro atoms. The number of rotatable bonds is 8. The average Bonchev–Trinajstić information content (AvgIpc) is 3.10. The summed E-state index contributed by atoms with van der Waals surface area (Å²) in [5.41, 5.74) is 0. The summed E-state index contributed by atoms with van der Waals surface area (Å²) in [5, 5.41) is 0. The second-order valence-electron chi connectivity index (χ2n) is 6.81. The molecule has 0 bridgehead atoms. The number of hydrogen-bond acceptors (Lipinski definition) is 4. The normalized spacial score (nSPS) is 20.9. The van der Waals surface area contributed by atoms with Gasteiger partial charge in [-0.15, -0.1) is 0 Å². The van der Waals surface area contributed by atoms with Gasteiger partial charge in [0.2, 0.25) is 0 Å². The molecule has 0 aromatic rings. The van der Waals surface area contributed by atoms with Crippen LogP contribution >= 0.6 is 0 Å². The van der Waals surface area contributed by atoms with E-state index in [4.69, 9.17) is 0 Å². The molecule has 2 atom stereocenters. The molecule has 1 saturated carbocycles. The van der Waals surface area contributed by atoms with Crippen molar-refractivity contribution in [3.8, 4) is 0 Å². The molecule has 21 heteroatoms. The fourth-order valence-electron chi connectivity index (χ4n) is 2.38. The number of halogens is 17. The lowest BCUT2D eigenvalue weighted by Crippen LogP contribution is -2.68. The fraction of sp³-hybridized carbons (Fsp3) is 0.929. The summed E-state index contributed by atoms with van der Waals surface area (Å²) in [6.07, 6.45) is -40.6. The lowest BCUT2D eigenvalue weighted by Gasteiger charge is -2.40. The number of esters is 1. The average molecular weight is 564 g/mol. The highest BCUT2D eigenvalue weighted by atomic mass is 19.4. The van der Waals surface area contributed by atoms with Crippen LogP contribution < -0.4 is 0 Å². The van der Waals surface area contributed by atoms with E-state index < -0.39 is 60.5 Å². The molecule has 0 aromatic heterocycles. The van der Waals surface area contributed by atoms with E-state index in [1.165, 1.54) is 4.74 Å².